The summed E-state index contributed by atoms with van der Waals surface area (Å²) in [5, 5.41) is 2.83. The van der Waals surface area contributed by atoms with Crippen molar-refractivity contribution in [2.45, 2.75) is 13.8 Å². The molecule has 2 aromatic rings. The van der Waals surface area contributed by atoms with Crippen LogP contribution in [0.2, 0.25) is 0 Å². The molecule has 0 aromatic heterocycles. The Hall–Kier alpha value is -2.62. The van der Waals surface area contributed by atoms with Gasteiger partial charge >= 0.3 is 5.97 Å². The summed E-state index contributed by atoms with van der Waals surface area (Å²) in [4.78, 5) is 23.9. The number of anilines is 1. The van der Waals surface area contributed by atoms with Crippen LogP contribution in [0, 0.1) is 13.8 Å². The minimum atomic E-state index is -0.417. The molecular formula is C17H17NO3. The number of methoxy groups -OCH3 is 1. The minimum absolute atomic E-state index is 0.205. The molecule has 2 rings (SSSR count). The summed E-state index contributed by atoms with van der Waals surface area (Å²) in [6.07, 6.45) is 0. The van der Waals surface area contributed by atoms with E-state index >= 15 is 0 Å². The Labute approximate surface area is 123 Å². The first-order valence-electron chi connectivity index (χ1n) is 6.59. The standard InChI is InChI=1S/C17H17NO3/c1-11-6-4-7-13(10-11)16(19)18-15-9-5-8-14(12(15)2)17(20)21-3/h4-10H,1-3H3,(H,18,19). The van der Waals surface area contributed by atoms with Crippen molar-refractivity contribution in [1.82, 2.24) is 0 Å². The second-order valence-electron chi connectivity index (χ2n) is 4.79. The van der Waals surface area contributed by atoms with E-state index < -0.39 is 5.97 Å². The molecule has 0 aliphatic carbocycles. The van der Waals surface area contributed by atoms with E-state index in [-0.39, 0.29) is 5.91 Å². The number of amides is 1. The highest BCUT2D eigenvalue weighted by Gasteiger charge is 2.14. The number of hydrogen-bond acceptors (Lipinski definition) is 3. The molecule has 0 aliphatic rings. The van der Waals surface area contributed by atoms with Crippen LogP contribution in [0.15, 0.2) is 42.5 Å². The Morgan fingerprint density at radius 1 is 1.05 bits per heavy atom. The summed E-state index contributed by atoms with van der Waals surface area (Å²) in [7, 11) is 1.33. The van der Waals surface area contributed by atoms with Gasteiger partial charge in [0.15, 0.2) is 0 Å². The van der Waals surface area contributed by atoms with Gasteiger partial charge in [-0.3, -0.25) is 4.79 Å². The molecule has 0 bridgehead atoms. The molecule has 1 N–H and O–H groups in total. The van der Waals surface area contributed by atoms with E-state index in [4.69, 9.17) is 4.74 Å². The summed E-state index contributed by atoms with van der Waals surface area (Å²) in [5.41, 5.74) is 3.33. The number of carbonyl (C=O) groups is 2. The fourth-order valence-corrected chi connectivity index (χ4v) is 2.08. The molecule has 0 radical (unpaired) electrons. The van der Waals surface area contributed by atoms with Crippen LogP contribution in [0.5, 0.6) is 0 Å². The number of hydrogen-bond donors (Lipinski definition) is 1. The van der Waals surface area contributed by atoms with Gasteiger partial charge < -0.3 is 10.1 Å². The fraction of sp³-hybridized carbons (Fsp3) is 0.176. The van der Waals surface area contributed by atoms with Gasteiger partial charge in [-0.25, -0.2) is 4.79 Å². The number of benzene rings is 2. The van der Waals surface area contributed by atoms with Crippen LogP contribution < -0.4 is 5.32 Å². The van der Waals surface area contributed by atoms with Crippen LogP contribution >= 0.6 is 0 Å². The largest absolute Gasteiger partial charge is 0.465 e. The predicted octanol–water partition coefficient (Wildman–Crippen LogP) is 3.34. The third-order valence-electron chi connectivity index (χ3n) is 3.27. The first kappa shape index (κ1) is 14.8. The van der Waals surface area contributed by atoms with E-state index in [1.165, 1.54) is 7.11 Å². The van der Waals surface area contributed by atoms with E-state index in [1.807, 2.05) is 25.1 Å². The number of esters is 1. The van der Waals surface area contributed by atoms with E-state index in [0.717, 1.165) is 5.56 Å². The molecule has 0 fully saturated rings. The highest BCUT2D eigenvalue weighted by molar-refractivity contribution is 6.05. The van der Waals surface area contributed by atoms with Gasteiger partial charge in [0.2, 0.25) is 0 Å². The minimum Gasteiger partial charge on any atom is -0.465 e. The monoisotopic (exact) mass is 283 g/mol. The highest BCUT2D eigenvalue weighted by Crippen LogP contribution is 2.20. The van der Waals surface area contributed by atoms with Gasteiger partial charge in [-0.05, 0) is 43.7 Å². The Kier molecular flexibility index (Phi) is 4.38. The van der Waals surface area contributed by atoms with E-state index in [9.17, 15) is 9.59 Å². The van der Waals surface area contributed by atoms with E-state index in [2.05, 4.69) is 5.32 Å². The van der Waals surface area contributed by atoms with Crippen molar-refractivity contribution in [3.05, 3.63) is 64.7 Å². The molecule has 1 amide bonds. The van der Waals surface area contributed by atoms with Gasteiger partial charge in [-0.1, -0.05) is 23.8 Å². The normalized spacial score (nSPS) is 10.0. The molecule has 4 nitrogen and oxygen atoms in total. The Balaban J connectivity index is 2.28. The molecule has 0 saturated carbocycles. The quantitative estimate of drug-likeness (QED) is 0.879. The lowest BCUT2D eigenvalue weighted by Crippen LogP contribution is -2.14. The van der Waals surface area contributed by atoms with Gasteiger partial charge in [0.1, 0.15) is 0 Å². The molecule has 0 spiro atoms. The summed E-state index contributed by atoms with van der Waals surface area (Å²) in [5.74, 6) is -0.622. The Morgan fingerprint density at radius 2 is 1.76 bits per heavy atom. The van der Waals surface area contributed by atoms with Crippen molar-refractivity contribution in [3.63, 3.8) is 0 Å². The van der Waals surface area contributed by atoms with E-state index in [1.54, 1.807) is 31.2 Å². The van der Waals surface area contributed by atoms with Crippen LogP contribution in [0.25, 0.3) is 0 Å². The molecule has 0 heterocycles. The molecular weight excluding hydrogens is 266 g/mol. The number of carbonyl (C=O) groups excluding carboxylic acids is 2. The molecule has 0 aliphatic heterocycles. The predicted molar refractivity (Wildman–Crippen MR) is 81.7 cm³/mol. The number of aryl methyl sites for hydroxylation is 1. The maximum absolute atomic E-state index is 12.2. The Bertz CT molecular complexity index is 692. The zero-order valence-electron chi connectivity index (χ0n) is 12.3. The highest BCUT2D eigenvalue weighted by atomic mass is 16.5. The topological polar surface area (TPSA) is 55.4 Å². The van der Waals surface area contributed by atoms with Gasteiger partial charge in [-0.15, -0.1) is 0 Å². The van der Waals surface area contributed by atoms with Crippen LogP contribution in [-0.4, -0.2) is 19.0 Å². The second kappa shape index (κ2) is 6.22. The van der Waals surface area contributed by atoms with Gasteiger partial charge in [-0.2, -0.15) is 0 Å². The lowest BCUT2D eigenvalue weighted by molar-refractivity contribution is 0.0599. The fourth-order valence-electron chi connectivity index (χ4n) is 2.08. The maximum Gasteiger partial charge on any atom is 0.338 e. The summed E-state index contributed by atoms with van der Waals surface area (Å²) < 4.78 is 4.73. The lowest BCUT2D eigenvalue weighted by atomic mass is 10.1. The number of rotatable bonds is 3. The number of ether oxygens (including phenoxy) is 1. The van der Waals surface area contributed by atoms with Crippen molar-refractivity contribution in [2.75, 3.05) is 12.4 Å². The average molecular weight is 283 g/mol. The summed E-state index contributed by atoms with van der Waals surface area (Å²) in [6, 6.07) is 12.5. The van der Waals surface area contributed by atoms with Gasteiger partial charge in [0.05, 0.1) is 12.7 Å². The van der Waals surface area contributed by atoms with Crippen LogP contribution in [-0.2, 0) is 4.74 Å². The van der Waals surface area contributed by atoms with Crippen molar-refractivity contribution in [1.29, 1.82) is 0 Å². The summed E-state index contributed by atoms with van der Waals surface area (Å²) >= 11 is 0. The van der Waals surface area contributed by atoms with Crippen LogP contribution in [0.1, 0.15) is 31.8 Å². The third kappa shape index (κ3) is 3.28. The molecule has 4 heteroatoms. The Morgan fingerprint density at radius 3 is 2.43 bits per heavy atom. The summed E-state index contributed by atoms with van der Waals surface area (Å²) in [6.45, 7) is 3.71. The van der Waals surface area contributed by atoms with Crippen LogP contribution in [0.3, 0.4) is 0 Å². The van der Waals surface area contributed by atoms with Crippen molar-refractivity contribution in [2.24, 2.45) is 0 Å². The van der Waals surface area contributed by atoms with Crippen molar-refractivity contribution < 1.29 is 14.3 Å². The first-order valence-corrected chi connectivity index (χ1v) is 6.59. The smallest absolute Gasteiger partial charge is 0.338 e. The SMILES string of the molecule is COC(=O)c1cccc(NC(=O)c2cccc(C)c2)c1C. The van der Waals surface area contributed by atoms with Crippen LogP contribution in [0.4, 0.5) is 5.69 Å². The van der Waals surface area contributed by atoms with Crippen molar-refractivity contribution in [3.8, 4) is 0 Å². The molecule has 0 atom stereocenters. The first-order chi connectivity index (χ1) is 10.0. The zero-order chi connectivity index (χ0) is 15.4. The average Bonchev–Trinajstić information content (AvgIpc) is 2.48. The van der Waals surface area contributed by atoms with Gasteiger partial charge in [0, 0.05) is 11.3 Å². The van der Waals surface area contributed by atoms with Gasteiger partial charge in [0.25, 0.3) is 5.91 Å². The molecule has 2 aromatic carbocycles. The molecule has 0 saturated heterocycles. The lowest BCUT2D eigenvalue weighted by Gasteiger charge is -2.11. The molecule has 108 valence electrons. The second-order valence-corrected chi connectivity index (χ2v) is 4.79. The third-order valence-corrected chi connectivity index (χ3v) is 3.27. The van der Waals surface area contributed by atoms with E-state index in [0.29, 0.717) is 22.4 Å². The number of nitrogens with one attached hydrogen (secondary N) is 1. The maximum atomic E-state index is 12.2. The molecule has 21 heavy (non-hydrogen) atoms. The van der Waals surface area contributed by atoms with Crippen molar-refractivity contribution >= 4 is 17.6 Å². The zero-order valence-corrected chi connectivity index (χ0v) is 12.3. The molecule has 0 unspecified atom stereocenters.